The standard InChI is InChI=1S/C31H34N2O3/c1-19(2)14-28-26(17-32)30(22-12-10-20(3)11-13-22)27(21(4)33-28)18-36-29-16-24-9-7-6-8-23(24)15-25(29)31(34)35-5/h6-13,15-16,19H,14,17-18,32H2,1-5H3. The summed E-state index contributed by atoms with van der Waals surface area (Å²) >= 11 is 0. The zero-order valence-corrected chi connectivity index (χ0v) is 21.7. The number of nitrogens with two attached hydrogens (primary N) is 1. The van der Waals surface area contributed by atoms with Crippen molar-refractivity contribution in [1.29, 1.82) is 0 Å². The molecule has 0 saturated heterocycles. The molecule has 0 bridgehead atoms. The van der Waals surface area contributed by atoms with Crippen LogP contribution in [0.4, 0.5) is 0 Å². The molecular weight excluding hydrogens is 448 g/mol. The van der Waals surface area contributed by atoms with Crippen LogP contribution in [0.5, 0.6) is 5.75 Å². The Hall–Kier alpha value is -3.70. The van der Waals surface area contributed by atoms with Gasteiger partial charge >= 0.3 is 5.97 Å². The van der Waals surface area contributed by atoms with Crippen LogP contribution < -0.4 is 10.5 Å². The van der Waals surface area contributed by atoms with Crippen molar-refractivity contribution in [3.63, 3.8) is 0 Å². The zero-order chi connectivity index (χ0) is 25.8. The summed E-state index contributed by atoms with van der Waals surface area (Å²) in [6.07, 6.45) is 0.852. The highest BCUT2D eigenvalue weighted by molar-refractivity contribution is 5.98. The summed E-state index contributed by atoms with van der Waals surface area (Å²) in [5.74, 6) is 0.505. The third-order valence-corrected chi connectivity index (χ3v) is 6.46. The van der Waals surface area contributed by atoms with Gasteiger partial charge in [-0.3, -0.25) is 4.98 Å². The summed E-state index contributed by atoms with van der Waals surface area (Å²) in [6.45, 7) is 9.10. The van der Waals surface area contributed by atoms with Crippen LogP contribution >= 0.6 is 0 Å². The van der Waals surface area contributed by atoms with Crippen LogP contribution in [0.3, 0.4) is 0 Å². The van der Waals surface area contributed by atoms with Crippen molar-refractivity contribution < 1.29 is 14.3 Å². The van der Waals surface area contributed by atoms with Crippen LogP contribution in [0.2, 0.25) is 0 Å². The van der Waals surface area contributed by atoms with E-state index in [9.17, 15) is 4.79 Å². The van der Waals surface area contributed by atoms with Crippen molar-refractivity contribution in [2.75, 3.05) is 7.11 Å². The minimum Gasteiger partial charge on any atom is -0.488 e. The number of fused-ring (bicyclic) bond motifs is 1. The summed E-state index contributed by atoms with van der Waals surface area (Å²) in [6, 6.07) is 20.1. The lowest BCUT2D eigenvalue weighted by molar-refractivity contribution is 0.0596. The number of methoxy groups -OCH3 is 1. The van der Waals surface area contributed by atoms with Gasteiger partial charge in [-0.05, 0) is 65.8 Å². The molecule has 4 rings (SSSR count). The molecule has 0 aliphatic rings. The van der Waals surface area contributed by atoms with Gasteiger partial charge in [0.25, 0.3) is 0 Å². The van der Waals surface area contributed by atoms with Crippen molar-refractivity contribution in [3.05, 3.63) is 94.3 Å². The van der Waals surface area contributed by atoms with Gasteiger partial charge in [-0.1, -0.05) is 67.9 Å². The Kier molecular flexibility index (Phi) is 7.70. The van der Waals surface area contributed by atoms with Crippen molar-refractivity contribution in [3.8, 4) is 16.9 Å². The summed E-state index contributed by atoms with van der Waals surface area (Å²) in [5, 5.41) is 1.94. The second kappa shape index (κ2) is 10.9. The van der Waals surface area contributed by atoms with Gasteiger partial charge in [-0.2, -0.15) is 0 Å². The molecule has 0 unspecified atom stereocenters. The SMILES string of the molecule is COC(=O)c1cc2ccccc2cc1OCc1c(C)nc(CC(C)C)c(CN)c1-c1ccc(C)cc1. The van der Waals surface area contributed by atoms with Crippen LogP contribution in [0.25, 0.3) is 21.9 Å². The molecule has 0 fully saturated rings. The van der Waals surface area contributed by atoms with Gasteiger partial charge in [-0.25, -0.2) is 4.79 Å². The Bertz CT molecular complexity index is 1390. The minimum absolute atomic E-state index is 0.249. The summed E-state index contributed by atoms with van der Waals surface area (Å²) in [7, 11) is 1.38. The highest BCUT2D eigenvalue weighted by atomic mass is 16.5. The van der Waals surface area contributed by atoms with E-state index in [0.29, 0.717) is 23.8 Å². The number of benzene rings is 3. The Morgan fingerprint density at radius 2 is 1.64 bits per heavy atom. The summed E-state index contributed by atoms with van der Waals surface area (Å²) in [5.41, 5.74) is 14.0. The first-order chi connectivity index (χ1) is 17.3. The maximum Gasteiger partial charge on any atom is 0.341 e. The first kappa shape index (κ1) is 25.4. The van der Waals surface area contributed by atoms with Crippen molar-refractivity contribution in [2.24, 2.45) is 11.7 Å². The Labute approximate surface area is 213 Å². The second-order valence-electron chi connectivity index (χ2n) is 9.62. The molecule has 4 aromatic rings. The number of nitrogens with zero attached hydrogens (tertiary/aromatic N) is 1. The van der Waals surface area contributed by atoms with E-state index in [1.54, 1.807) is 0 Å². The van der Waals surface area contributed by atoms with E-state index < -0.39 is 5.97 Å². The van der Waals surface area contributed by atoms with E-state index >= 15 is 0 Å². The van der Waals surface area contributed by atoms with E-state index in [-0.39, 0.29) is 6.61 Å². The fourth-order valence-corrected chi connectivity index (χ4v) is 4.62. The van der Waals surface area contributed by atoms with Gasteiger partial charge in [0, 0.05) is 23.5 Å². The third kappa shape index (κ3) is 5.26. The fourth-order valence-electron chi connectivity index (χ4n) is 4.62. The third-order valence-electron chi connectivity index (χ3n) is 6.46. The predicted octanol–water partition coefficient (Wildman–Crippen LogP) is 6.54. The van der Waals surface area contributed by atoms with E-state index in [2.05, 4.69) is 45.0 Å². The van der Waals surface area contributed by atoms with Crippen molar-refractivity contribution >= 4 is 16.7 Å². The molecule has 3 aromatic carbocycles. The minimum atomic E-state index is -0.431. The van der Waals surface area contributed by atoms with Crippen molar-refractivity contribution in [1.82, 2.24) is 4.98 Å². The van der Waals surface area contributed by atoms with Crippen LogP contribution in [0.15, 0.2) is 60.7 Å². The topological polar surface area (TPSA) is 74.4 Å². The van der Waals surface area contributed by atoms with Gasteiger partial charge in [0.05, 0.1) is 7.11 Å². The molecular formula is C31H34N2O3. The Morgan fingerprint density at radius 3 is 2.25 bits per heavy atom. The summed E-state index contributed by atoms with van der Waals surface area (Å²) < 4.78 is 11.4. The van der Waals surface area contributed by atoms with E-state index in [1.165, 1.54) is 12.7 Å². The number of hydrogen-bond acceptors (Lipinski definition) is 5. The van der Waals surface area contributed by atoms with Gasteiger partial charge in [0.15, 0.2) is 0 Å². The fraction of sp³-hybridized carbons (Fsp3) is 0.290. The molecule has 0 spiro atoms. The largest absolute Gasteiger partial charge is 0.488 e. The number of esters is 1. The molecule has 2 N–H and O–H groups in total. The molecule has 0 amide bonds. The van der Waals surface area contributed by atoms with E-state index in [0.717, 1.165) is 50.8 Å². The number of hydrogen-bond donors (Lipinski definition) is 1. The number of carbonyl (C=O) groups excluding carboxylic acids is 1. The van der Waals surface area contributed by atoms with E-state index in [4.69, 9.17) is 20.2 Å². The highest BCUT2D eigenvalue weighted by Crippen LogP contribution is 2.34. The molecule has 5 nitrogen and oxygen atoms in total. The molecule has 0 atom stereocenters. The zero-order valence-electron chi connectivity index (χ0n) is 21.7. The first-order valence-electron chi connectivity index (χ1n) is 12.3. The second-order valence-corrected chi connectivity index (χ2v) is 9.62. The number of aryl methyl sites for hydroxylation is 2. The lowest BCUT2D eigenvalue weighted by Crippen LogP contribution is -2.15. The Balaban J connectivity index is 1.84. The lowest BCUT2D eigenvalue weighted by atomic mass is 9.90. The molecule has 0 aliphatic heterocycles. The van der Waals surface area contributed by atoms with Crippen LogP contribution in [0.1, 0.15) is 52.3 Å². The molecule has 1 heterocycles. The smallest absolute Gasteiger partial charge is 0.341 e. The first-order valence-corrected chi connectivity index (χ1v) is 12.3. The lowest BCUT2D eigenvalue weighted by Gasteiger charge is -2.22. The number of rotatable bonds is 8. The maximum absolute atomic E-state index is 12.6. The number of carbonyl (C=O) groups is 1. The molecule has 5 heteroatoms. The number of ether oxygens (including phenoxy) is 2. The monoisotopic (exact) mass is 482 g/mol. The van der Waals surface area contributed by atoms with Crippen LogP contribution in [-0.4, -0.2) is 18.1 Å². The van der Waals surface area contributed by atoms with Crippen LogP contribution in [-0.2, 0) is 24.3 Å². The normalized spacial score (nSPS) is 11.2. The van der Waals surface area contributed by atoms with Gasteiger partial charge in [0.1, 0.15) is 17.9 Å². The van der Waals surface area contributed by atoms with Gasteiger partial charge in [-0.15, -0.1) is 0 Å². The molecule has 36 heavy (non-hydrogen) atoms. The Morgan fingerprint density at radius 1 is 0.972 bits per heavy atom. The van der Waals surface area contributed by atoms with E-state index in [1.807, 2.05) is 43.3 Å². The molecule has 0 radical (unpaired) electrons. The molecule has 0 saturated carbocycles. The van der Waals surface area contributed by atoms with Gasteiger partial charge < -0.3 is 15.2 Å². The molecule has 186 valence electrons. The predicted molar refractivity (Wildman–Crippen MR) is 145 cm³/mol. The maximum atomic E-state index is 12.6. The average Bonchev–Trinajstić information content (AvgIpc) is 2.87. The van der Waals surface area contributed by atoms with Crippen molar-refractivity contribution in [2.45, 2.75) is 47.3 Å². The summed E-state index contributed by atoms with van der Waals surface area (Å²) in [4.78, 5) is 17.6. The molecule has 1 aromatic heterocycles. The highest BCUT2D eigenvalue weighted by Gasteiger charge is 2.21. The van der Waals surface area contributed by atoms with Gasteiger partial charge in [0.2, 0.25) is 0 Å². The average molecular weight is 483 g/mol. The molecule has 0 aliphatic carbocycles. The number of pyridine rings is 1. The van der Waals surface area contributed by atoms with Crippen LogP contribution in [0, 0.1) is 19.8 Å². The number of aromatic nitrogens is 1. The quantitative estimate of drug-likeness (QED) is 0.289.